The van der Waals surface area contributed by atoms with Gasteiger partial charge in [0, 0.05) is 14.9 Å². The van der Waals surface area contributed by atoms with Crippen molar-refractivity contribution >= 4 is 6.47 Å². The van der Waals surface area contributed by atoms with Gasteiger partial charge in [-0.05, 0) is 92.9 Å². The van der Waals surface area contributed by atoms with Gasteiger partial charge in [0.25, 0.3) is 6.47 Å². The fourth-order valence-corrected chi connectivity index (χ4v) is 4.36. The smallest absolute Gasteiger partial charge is 0 e. The maximum Gasteiger partial charge on any atom is 0 e. The number of rotatable bonds is 3. The van der Waals surface area contributed by atoms with Crippen LogP contribution in [0, 0.1) is 66.3 Å². The van der Waals surface area contributed by atoms with Crippen LogP contribution in [0.15, 0.2) is 101 Å². The third-order valence-corrected chi connectivity index (χ3v) is 7.12. The molecule has 4 aromatic rings. The minimum atomic E-state index is 0. The fourth-order valence-electron chi connectivity index (χ4n) is 4.36. The maximum absolute atomic E-state index is 9.82. The van der Waals surface area contributed by atoms with Crippen LogP contribution in [0.1, 0.15) is 74.4 Å². The number of carbonyl (C=O) groups excluding carboxylic acids is 1. The SMILES string of the molecule is CC12C=CC(C)(CC1)O2.CO.Cc1ccc(C)cc1.Cc1ccc(C)cc1.Cc1ccc(C)o1.Cc1ccc(COC=O)cc1.O.O=[OH+].[C+]#C.[HH].[HH]. The first-order valence-electron chi connectivity index (χ1n) is 15.8. The monoisotopic (exact) mass is 694 g/mol. The van der Waals surface area contributed by atoms with Gasteiger partial charge >= 0.3 is 12.8 Å². The summed E-state index contributed by atoms with van der Waals surface area (Å²) in [5, 5.41) is 7.00. The van der Waals surface area contributed by atoms with E-state index in [9.17, 15) is 4.79 Å². The van der Waals surface area contributed by atoms with Gasteiger partial charge in [0.05, 0.1) is 11.2 Å². The molecule has 3 aromatic carbocycles. The molecule has 2 aliphatic heterocycles. The van der Waals surface area contributed by atoms with E-state index < -0.39 is 0 Å². The normalized spacial score (nSPS) is 16.5. The Hall–Kier alpha value is -4.59. The van der Waals surface area contributed by atoms with Crippen LogP contribution in [0.4, 0.5) is 0 Å². The first-order valence-corrected chi connectivity index (χ1v) is 15.8. The summed E-state index contributed by atoms with van der Waals surface area (Å²) in [6.45, 7) is 19.4. The number of terminal acetylenes is 1. The van der Waals surface area contributed by atoms with Crippen molar-refractivity contribution in [2.24, 2.45) is 0 Å². The second-order valence-electron chi connectivity index (χ2n) is 11.9. The summed E-state index contributed by atoms with van der Waals surface area (Å²) in [5.74, 6) is 1.97. The molecule has 2 atom stereocenters. The number of carbonyl (C=O) groups is 1. The van der Waals surface area contributed by atoms with E-state index in [0.29, 0.717) is 13.1 Å². The average molecular weight is 695 g/mol. The zero-order valence-corrected chi connectivity index (χ0v) is 31.4. The van der Waals surface area contributed by atoms with E-state index in [1.807, 2.05) is 57.2 Å². The fraction of sp³-hybridized carbons (Fsp3) is 0.357. The Bertz CT molecular complexity index is 1350. The Morgan fingerprint density at radius 2 is 0.960 bits per heavy atom. The van der Waals surface area contributed by atoms with Crippen LogP contribution in [-0.2, 0) is 20.9 Å². The van der Waals surface area contributed by atoms with Crippen LogP contribution in [0.25, 0.3) is 0 Å². The molecule has 0 amide bonds. The summed E-state index contributed by atoms with van der Waals surface area (Å²) >= 11 is 0. The molecule has 1 fully saturated rings. The van der Waals surface area contributed by atoms with Gasteiger partial charge in [0.1, 0.15) is 18.1 Å². The molecular weight excluding hydrogens is 632 g/mol. The molecule has 8 heteroatoms. The number of furan rings is 1. The third-order valence-electron chi connectivity index (χ3n) is 7.12. The summed E-state index contributed by atoms with van der Waals surface area (Å²) < 4.78 is 15.4. The summed E-state index contributed by atoms with van der Waals surface area (Å²) in [4.78, 5) is 22.8. The molecule has 2 aliphatic rings. The Kier molecular flexibility index (Phi) is 28.2. The molecule has 4 N–H and O–H groups in total. The predicted molar refractivity (Wildman–Crippen MR) is 208 cm³/mol. The van der Waals surface area contributed by atoms with Gasteiger partial charge in [-0.1, -0.05) is 113 Å². The molecular formula is C42H62O8+2. The number of ether oxygens (including phenoxy) is 2. The molecule has 6 rings (SSSR count). The van der Waals surface area contributed by atoms with E-state index in [1.54, 1.807) is 0 Å². The predicted octanol–water partition coefficient (Wildman–Crippen LogP) is 9.39. The molecule has 2 unspecified atom stereocenters. The van der Waals surface area contributed by atoms with E-state index >= 15 is 0 Å². The average Bonchev–Trinajstić information content (AvgIpc) is 3.76. The van der Waals surface area contributed by atoms with E-state index in [2.05, 4.69) is 113 Å². The number of hydrogen-bond acceptors (Lipinski definition) is 6. The minimum Gasteiger partial charge on any atom is 0 e. The summed E-state index contributed by atoms with van der Waals surface area (Å²) in [6, 6.07) is 28.7. The third kappa shape index (κ3) is 22.9. The van der Waals surface area contributed by atoms with Gasteiger partial charge in [-0.3, -0.25) is 4.79 Å². The van der Waals surface area contributed by atoms with Gasteiger partial charge in [-0.25, -0.2) is 0 Å². The molecule has 1 saturated heterocycles. The van der Waals surface area contributed by atoms with Crippen LogP contribution in [0.5, 0.6) is 0 Å². The summed E-state index contributed by atoms with van der Waals surface area (Å²) in [7, 11) is 1.00. The van der Waals surface area contributed by atoms with Crippen molar-refractivity contribution in [3.8, 4) is 6.42 Å². The van der Waals surface area contributed by atoms with Crippen molar-refractivity contribution in [1.29, 1.82) is 0 Å². The molecule has 0 spiro atoms. The number of benzene rings is 3. The molecule has 0 saturated carbocycles. The van der Waals surface area contributed by atoms with Gasteiger partial charge in [0.2, 0.25) is 4.96 Å². The van der Waals surface area contributed by atoms with Gasteiger partial charge in [0.15, 0.2) is 0 Å². The van der Waals surface area contributed by atoms with Gasteiger partial charge in [-0.15, -0.1) is 0 Å². The molecule has 1 aromatic heterocycles. The van der Waals surface area contributed by atoms with Crippen molar-refractivity contribution in [2.45, 2.75) is 93.0 Å². The first kappa shape index (κ1) is 49.8. The van der Waals surface area contributed by atoms with Crippen molar-refractivity contribution < 1.29 is 37.1 Å². The zero-order chi connectivity index (χ0) is 37.9. The van der Waals surface area contributed by atoms with Crippen LogP contribution >= 0.6 is 0 Å². The Morgan fingerprint density at radius 3 is 1.14 bits per heavy atom. The molecule has 0 radical (unpaired) electrons. The minimum absolute atomic E-state index is 0. The molecule has 0 aliphatic carbocycles. The van der Waals surface area contributed by atoms with Crippen molar-refractivity contribution in [3.05, 3.63) is 153 Å². The second kappa shape index (κ2) is 28.3. The molecule has 2 bridgehead atoms. The molecule has 50 heavy (non-hydrogen) atoms. The van der Waals surface area contributed by atoms with Gasteiger partial charge < -0.3 is 24.5 Å². The van der Waals surface area contributed by atoms with E-state index in [-0.39, 0.29) is 19.5 Å². The first-order chi connectivity index (χ1) is 23.3. The van der Waals surface area contributed by atoms with Crippen LogP contribution < -0.4 is 0 Å². The number of aliphatic hydroxyl groups excluding tert-OH is 1. The number of fused-ring (bicyclic) bond motifs is 2. The Labute approximate surface area is 303 Å². The van der Waals surface area contributed by atoms with Crippen LogP contribution in [0.3, 0.4) is 0 Å². The topological polar surface area (TPSA) is 139 Å². The van der Waals surface area contributed by atoms with E-state index in [4.69, 9.17) is 30.6 Å². The van der Waals surface area contributed by atoms with Crippen LogP contribution in [-0.4, -0.2) is 40.3 Å². The van der Waals surface area contributed by atoms with E-state index in [1.165, 1.54) is 40.7 Å². The second-order valence-corrected chi connectivity index (χ2v) is 11.9. The van der Waals surface area contributed by atoms with E-state index in [0.717, 1.165) is 24.2 Å². The van der Waals surface area contributed by atoms with Crippen molar-refractivity contribution in [1.82, 2.24) is 0 Å². The standard InChI is InChI=1S/C9H10O2.C8H12O.2C8H10.C6H8O.C2H.CH4O.O2.H2O.2H2/c1-8-2-4-9(5-3-8)6-11-7-10;1-7-3-5-8(2,9-7)6-4-7;2*1-7-3-5-8(2)6-4-7;1-5-3-4-6(2)7-5;3*1-2;;;/h2-5,7H,6H2,1H3;3,5H,4,6H2,1-2H3;2*3-6H,1-2H3;3-4H,1-2H3;1H;2H,1H3;;1H2;2*1H/q;;;;;+1;;;;;/p+1. The van der Waals surface area contributed by atoms with Crippen LogP contribution in [0.2, 0.25) is 0 Å². The van der Waals surface area contributed by atoms with Gasteiger partial charge in [-0.2, -0.15) is 0 Å². The Balaban J connectivity index is -0.000000169. The maximum atomic E-state index is 9.82. The summed E-state index contributed by atoms with van der Waals surface area (Å²) in [5.41, 5.74) is 7.73. The molecule has 276 valence electrons. The number of aliphatic hydroxyl groups is 1. The largest absolute Gasteiger partial charge is 0 e. The quantitative estimate of drug-likeness (QED) is 0.0745. The number of hydrogen-bond donors (Lipinski definition) is 1. The Morgan fingerprint density at radius 1 is 0.680 bits per heavy atom. The molecule has 3 heterocycles. The summed E-state index contributed by atoms with van der Waals surface area (Å²) in [6.07, 6.45) is 15.8. The van der Waals surface area contributed by atoms with Crippen molar-refractivity contribution in [2.75, 3.05) is 7.11 Å². The zero-order valence-electron chi connectivity index (χ0n) is 31.4. The molecule has 8 nitrogen and oxygen atoms in total. The van der Waals surface area contributed by atoms with Crippen molar-refractivity contribution in [3.63, 3.8) is 0 Å². The number of aryl methyl sites for hydroxylation is 7.